The van der Waals surface area contributed by atoms with Crippen LogP contribution < -0.4 is 10.1 Å². The molecule has 0 radical (unpaired) electrons. The molecule has 1 rings (SSSR count). The standard InChI is InChI=1S/C16H20F3NO4/c1-15(2,16(17,18)19)9-13(21)20-8-7-11-3-5-12(6-4-11)24-10-14(22)23/h3-6H,7-10H2,1-2H3,(H,20,21)(H,22,23). The SMILES string of the molecule is CC(C)(CC(=O)NCCc1ccc(OCC(=O)O)cc1)C(F)(F)F. The number of carbonyl (C=O) groups is 2. The minimum absolute atomic E-state index is 0.210. The van der Waals surface area contributed by atoms with Gasteiger partial charge in [0.1, 0.15) is 5.75 Å². The maximum atomic E-state index is 12.7. The Kier molecular flexibility index (Phi) is 6.62. The molecule has 0 aliphatic heterocycles. The zero-order chi connectivity index (χ0) is 18.4. The molecule has 8 heteroatoms. The summed E-state index contributed by atoms with van der Waals surface area (Å²) >= 11 is 0. The Hall–Kier alpha value is -2.25. The molecule has 0 bridgehead atoms. The third kappa shape index (κ3) is 6.47. The Morgan fingerprint density at radius 2 is 1.75 bits per heavy atom. The number of rotatable bonds is 8. The summed E-state index contributed by atoms with van der Waals surface area (Å²) in [5, 5.41) is 11.0. The molecule has 1 amide bonds. The molecular weight excluding hydrogens is 327 g/mol. The van der Waals surface area contributed by atoms with Crippen LogP contribution in [-0.2, 0) is 16.0 Å². The smallest absolute Gasteiger partial charge is 0.394 e. The summed E-state index contributed by atoms with van der Waals surface area (Å²) < 4.78 is 43.1. The predicted octanol–water partition coefficient (Wildman–Crippen LogP) is 2.79. The molecule has 0 saturated heterocycles. The van der Waals surface area contributed by atoms with Gasteiger partial charge in [-0.15, -0.1) is 0 Å². The quantitative estimate of drug-likeness (QED) is 0.758. The first kappa shape index (κ1) is 19.8. The molecule has 0 aliphatic carbocycles. The van der Waals surface area contributed by atoms with Crippen molar-refractivity contribution < 1.29 is 32.6 Å². The lowest BCUT2D eigenvalue weighted by Gasteiger charge is -2.26. The molecule has 0 spiro atoms. The van der Waals surface area contributed by atoms with E-state index in [2.05, 4.69) is 5.32 Å². The van der Waals surface area contributed by atoms with Crippen molar-refractivity contribution in [3.05, 3.63) is 29.8 Å². The molecular formula is C16H20F3NO4. The maximum absolute atomic E-state index is 12.7. The van der Waals surface area contributed by atoms with Gasteiger partial charge >= 0.3 is 12.1 Å². The number of nitrogens with one attached hydrogen (secondary N) is 1. The second-order valence-corrected chi connectivity index (χ2v) is 5.98. The van der Waals surface area contributed by atoms with E-state index < -0.39 is 36.5 Å². The number of halogens is 3. The first-order valence-corrected chi connectivity index (χ1v) is 7.28. The summed E-state index contributed by atoms with van der Waals surface area (Å²) in [6, 6.07) is 6.58. The van der Waals surface area contributed by atoms with Gasteiger partial charge in [-0.2, -0.15) is 13.2 Å². The Balaban J connectivity index is 2.39. The average molecular weight is 347 g/mol. The molecule has 0 atom stereocenters. The van der Waals surface area contributed by atoms with E-state index in [0.29, 0.717) is 12.2 Å². The number of carboxylic acid groups (broad SMARTS) is 1. The lowest BCUT2D eigenvalue weighted by atomic mass is 9.88. The maximum Gasteiger partial charge on any atom is 0.394 e. The summed E-state index contributed by atoms with van der Waals surface area (Å²) in [5.41, 5.74) is -1.23. The topological polar surface area (TPSA) is 75.6 Å². The van der Waals surface area contributed by atoms with Crippen molar-refractivity contribution in [3.8, 4) is 5.75 Å². The third-order valence-electron chi connectivity index (χ3n) is 3.39. The van der Waals surface area contributed by atoms with E-state index in [1.54, 1.807) is 24.3 Å². The van der Waals surface area contributed by atoms with Gasteiger partial charge in [0.25, 0.3) is 0 Å². The number of ether oxygens (including phenoxy) is 1. The van der Waals surface area contributed by atoms with Gasteiger partial charge in [-0.1, -0.05) is 26.0 Å². The van der Waals surface area contributed by atoms with Crippen LogP contribution in [0, 0.1) is 5.41 Å². The molecule has 0 aromatic heterocycles. The van der Waals surface area contributed by atoms with Crippen LogP contribution in [-0.4, -0.2) is 36.3 Å². The third-order valence-corrected chi connectivity index (χ3v) is 3.39. The number of benzene rings is 1. The van der Waals surface area contributed by atoms with Crippen molar-refractivity contribution in [3.63, 3.8) is 0 Å². The molecule has 1 aromatic carbocycles. The molecule has 0 fully saturated rings. The van der Waals surface area contributed by atoms with Gasteiger partial charge < -0.3 is 15.2 Å². The lowest BCUT2D eigenvalue weighted by Crippen LogP contribution is -2.38. The molecule has 2 N–H and O–H groups in total. The van der Waals surface area contributed by atoms with Crippen LogP contribution in [0.4, 0.5) is 13.2 Å². The van der Waals surface area contributed by atoms with Crippen molar-refractivity contribution >= 4 is 11.9 Å². The van der Waals surface area contributed by atoms with Crippen LogP contribution in [0.1, 0.15) is 25.8 Å². The number of hydrogen-bond donors (Lipinski definition) is 2. The van der Waals surface area contributed by atoms with Crippen molar-refractivity contribution in [2.24, 2.45) is 5.41 Å². The largest absolute Gasteiger partial charge is 0.482 e. The molecule has 0 unspecified atom stereocenters. The number of hydrogen-bond acceptors (Lipinski definition) is 3. The van der Waals surface area contributed by atoms with E-state index in [1.807, 2.05) is 0 Å². The second-order valence-electron chi connectivity index (χ2n) is 5.98. The van der Waals surface area contributed by atoms with E-state index in [4.69, 9.17) is 9.84 Å². The number of aliphatic carboxylic acids is 1. The Morgan fingerprint density at radius 3 is 2.25 bits per heavy atom. The van der Waals surface area contributed by atoms with Crippen LogP contribution in [0.15, 0.2) is 24.3 Å². The first-order valence-electron chi connectivity index (χ1n) is 7.28. The van der Waals surface area contributed by atoms with Gasteiger partial charge in [0, 0.05) is 13.0 Å². The lowest BCUT2D eigenvalue weighted by molar-refractivity contribution is -0.213. The Bertz CT molecular complexity index is 568. The summed E-state index contributed by atoms with van der Waals surface area (Å²) in [6.07, 6.45) is -4.62. The van der Waals surface area contributed by atoms with Crippen LogP contribution in [0.3, 0.4) is 0 Å². The van der Waals surface area contributed by atoms with E-state index >= 15 is 0 Å². The molecule has 0 saturated carbocycles. The van der Waals surface area contributed by atoms with Gasteiger partial charge in [-0.05, 0) is 24.1 Å². The summed E-state index contributed by atoms with van der Waals surface area (Å²) in [7, 11) is 0. The minimum atomic E-state index is -4.43. The first-order chi connectivity index (χ1) is 11.0. The van der Waals surface area contributed by atoms with Gasteiger partial charge in [0.05, 0.1) is 5.41 Å². The minimum Gasteiger partial charge on any atom is -0.482 e. The van der Waals surface area contributed by atoms with Crippen LogP contribution >= 0.6 is 0 Å². The molecule has 5 nitrogen and oxygen atoms in total. The number of alkyl halides is 3. The number of amides is 1. The highest BCUT2D eigenvalue weighted by atomic mass is 19.4. The van der Waals surface area contributed by atoms with Crippen molar-refractivity contribution in [2.45, 2.75) is 32.9 Å². The highest BCUT2D eigenvalue weighted by molar-refractivity contribution is 5.76. The van der Waals surface area contributed by atoms with Crippen molar-refractivity contribution in [2.75, 3.05) is 13.2 Å². The van der Waals surface area contributed by atoms with E-state index in [0.717, 1.165) is 19.4 Å². The fourth-order valence-corrected chi connectivity index (χ4v) is 1.81. The normalized spacial score (nSPS) is 11.9. The van der Waals surface area contributed by atoms with Gasteiger partial charge in [0.2, 0.25) is 5.91 Å². The summed E-state index contributed by atoms with van der Waals surface area (Å²) in [6.45, 7) is 1.75. The highest BCUT2D eigenvalue weighted by Crippen LogP contribution is 2.40. The van der Waals surface area contributed by atoms with Crippen LogP contribution in [0.5, 0.6) is 5.75 Å². The average Bonchev–Trinajstić information content (AvgIpc) is 2.44. The van der Waals surface area contributed by atoms with E-state index in [9.17, 15) is 22.8 Å². The molecule has 134 valence electrons. The monoisotopic (exact) mass is 347 g/mol. The Labute approximate surface area is 137 Å². The molecule has 0 heterocycles. The van der Waals surface area contributed by atoms with E-state index in [-0.39, 0.29) is 6.54 Å². The zero-order valence-electron chi connectivity index (χ0n) is 13.4. The fourth-order valence-electron chi connectivity index (χ4n) is 1.81. The van der Waals surface area contributed by atoms with Gasteiger partial charge in [0.15, 0.2) is 6.61 Å². The highest BCUT2D eigenvalue weighted by Gasteiger charge is 2.48. The zero-order valence-corrected chi connectivity index (χ0v) is 13.4. The van der Waals surface area contributed by atoms with Crippen LogP contribution in [0.25, 0.3) is 0 Å². The van der Waals surface area contributed by atoms with Crippen molar-refractivity contribution in [1.82, 2.24) is 5.32 Å². The second kappa shape index (κ2) is 8.03. The number of carbonyl (C=O) groups excluding carboxylic acids is 1. The van der Waals surface area contributed by atoms with E-state index in [1.165, 1.54) is 0 Å². The van der Waals surface area contributed by atoms with Gasteiger partial charge in [-0.3, -0.25) is 4.79 Å². The number of carboxylic acids is 1. The molecule has 24 heavy (non-hydrogen) atoms. The fraction of sp³-hybridized carbons (Fsp3) is 0.500. The van der Waals surface area contributed by atoms with Gasteiger partial charge in [-0.25, -0.2) is 4.79 Å². The summed E-state index contributed by atoms with van der Waals surface area (Å²) in [5.74, 6) is -1.33. The predicted molar refractivity (Wildman–Crippen MR) is 80.7 cm³/mol. The Morgan fingerprint density at radius 1 is 1.17 bits per heavy atom. The molecule has 1 aromatic rings. The summed E-state index contributed by atoms with van der Waals surface area (Å²) in [4.78, 5) is 22.0. The molecule has 0 aliphatic rings. The van der Waals surface area contributed by atoms with Crippen molar-refractivity contribution in [1.29, 1.82) is 0 Å². The van der Waals surface area contributed by atoms with Crippen LogP contribution in [0.2, 0.25) is 0 Å².